The van der Waals surface area contributed by atoms with Crippen LogP contribution >= 0.6 is 0 Å². The van der Waals surface area contributed by atoms with Crippen molar-refractivity contribution in [3.05, 3.63) is 29.8 Å². The van der Waals surface area contributed by atoms with Crippen LogP contribution in [0, 0.1) is 5.82 Å². The largest absolute Gasteiger partial charge is 0.480 e. The minimum Gasteiger partial charge on any atom is -0.480 e. The molecule has 2 heterocycles. The SMILES string of the molecule is CCC(CN(C)C(=O)OC(C)(C)C)c1cc2ncc(F)cc2c(OC)n1. The first kappa shape index (κ1) is 19.9. The molecule has 7 heteroatoms. The second kappa shape index (κ2) is 7.85. The highest BCUT2D eigenvalue weighted by Crippen LogP contribution is 2.28. The van der Waals surface area contributed by atoms with Crippen LogP contribution in [-0.4, -0.2) is 47.3 Å². The molecule has 6 nitrogen and oxygen atoms in total. The van der Waals surface area contributed by atoms with E-state index in [0.29, 0.717) is 23.3 Å². The zero-order chi connectivity index (χ0) is 19.5. The van der Waals surface area contributed by atoms with Crippen LogP contribution < -0.4 is 4.74 Å². The fraction of sp³-hybridized carbons (Fsp3) is 0.526. The molecule has 142 valence electrons. The van der Waals surface area contributed by atoms with Gasteiger partial charge in [0.15, 0.2) is 0 Å². The minimum absolute atomic E-state index is 0.0299. The summed E-state index contributed by atoms with van der Waals surface area (Å²) in [4.78, 5) is 22.4. The van der Waals surface area contributed by atoms with E-state index in [4.69, 9.17) is 9.47 Å². The molecule has 0 spiro atoms. The highest BCUT2D eigenvalue weighted by Gasteiger charge is 2.23. The number of likely N-dealkylation sites (N-methyl/N-ethyl adjacent to an activating group) is 1. The Morgan fingerprint density at radius 3 is 2.62 bits per heavy atom. The van der Waals surface area contributed by atoms with Crippen LogP contribution in [0.1, 0.15) is 45.7 Å². The maximum Gasteiger partial charge on any atom is 0.410 e. The summed E-state index contributed by atoms with van der Waals surface area (Å²) in [6.45, 7) is 7.95. The van der Waals surface area contributed by atoms with Gasteiger partial charge in [-0.1, -0.05) is 6.92 Å². The third kappa shape index (κ3) is 4.80. The molecule has 2 rings (SSSR count). The number of amides is 1. The second-order valence-corrected chi connectivity index (χ2v) is 7.24. The monoisotopic (exact) mass is 363 g/mol. The Morgan fingerprint density at radius 1 is 1.35 bits per heavy atom. The highest BCUT2D eigenvalue weighted by molar-refractivity contribution is 5.83. The number of aromatic nitrogens is 2. The molecule has 2 aromatic rings. The van der Waals surface area contributed by atoms with E-state index in [1.807, 2.05) is 33.8 Å². The molecular formula is C19H26FN3O3. The lowest BCUT2D eigenvalue weighted by Crippen LogP contribution is -2.36. The van der Waals surface area contributed by atoms with E-state index < -0.39 is 11.4 Å². The summed E-state index contributed by atoms with van der Waals surface area (Å²) in [6, 6.07) is 3.17. The van der Waals surface area contributed by atoms with Crippen LogP contribution in [0.15, 0.2) is 18.3 Å². The predicted octanol–water partition coefficient (Wildman–Crippen LogP) is 4.14. The summed E-state index contributed by atoms with van der Waals surface area (Å²) in [6.07, 6.45) is 1.54. The topological polar surface area (TPSA) is 64.6 Å². The van der Waals surface area contributed by atoms with Gasteiger partial charge in [-0.05, 0) is 39.3 Å². The first-order chi connectivity index (χ1) is 12.1. The first-order valence-electron chi connectivity index (χ1n) is 8.59. The number of pyridine rings is 2. The van der Waals surface area contributed by atoms with Crippen molar-refractivity contribution < 1.29 is 18.7 Å². The highest BCUT2D eigenvalue weighted by atomic mass is 19.1. The van der Waals surface area contributed by atoms with Gasteiger partial charge in [0.25, 0.3) is 0 Å². The average molecular weight is 363 g/mol. The van der Waals surface area contributed by atoms with Crippen molar-refractivity contribution >= 4 is 17.0 Å². The van der Waals surface area contributed by atoms with Crippen molar-refractivity contribution in [1.29, 1.82) is 0 Å². The molecule has 1 amide bonds. The molecule has 0 aromatic carbocycles. The lowest BCUT2D eigenvalue weighted by atomic mass is 10.00. The van der Waals surface area contributed by atoms with E-state index in [2.05, 4.69) is 9.97 Å². The van der Waals surface area contributed by atoms with Crippen LogP contribution in [0.2, 0.25) is 0 Å². The van der Waals surface area contributed by atoms with Gasteiger partial charge in [-0.25, -0.2) is 14.2 Å². The van der Waals surface area contributed by atoms with Crippen molar-refractivity contribution in [1.82, 2.24) is 14.9 Å². The quantitative estimate of drug-likeness (QED) is 0.799. The predicted molar refractivity (Wildman–Crippen MR) is 97.9 cm³/mol. The molecule has 0 fully saturated rings. The number of hydrogen-bond donors (Lipinski definition) is 0. The Bertz CT molecular complexity index is 789. The van der Waals surface area contributed by atoms with Crippen molar-refractivity contribution in [3.8, 4) is 5.88 Å². The normalized spacial score (nSPS) is 12.7. The van der Waals surface area contributed by atoms with Crippen LogP contribution in [-0.2, 0) is 4.74 Å². The molecule has 0 radical (unpaired) electrons. The van der Waals surface area contributed by atoms with E-state index in [1.54, 1.807) is 7.05 Å². The molecule has 26 heavy (non-hydrogen) atoms. The van der Waals surface area contributed by atoms with E-state index in [1.165, 1.54) is 24.3 Å². The molecular weight excluding hydrogens is 337 g/mol. The molecule has 0 saturated carbocycles. The fourth-order valence-corrected chi connectivity index (χ4v) is 2.63. The van der Waals surface area contributed by atoms with Gasteiger partial charge in [0.1, 0.15) is 11.4 Å². The lowest BCUT2D eigenvalue weighted by molar-refractivity contribution is 0.0287. The number of methoxy groups -OCH3 is 1. The number of hydrogen-bond acceptors (Lipinski definition) is 5. The number of fused-ring (bicyclic) bond motifs is 1. The first-order valence-corrected chi connectivity index (χ1v) is 8.59. The number of ether oxygens (including phenoxy) is 2. The molecule has 1 unspecified atom stereocenters. The second-order valence-electron chi connectivity index (χ2n) is 7.24. The van der Waals surface area contributed by atoms with E-state index in [9.17, 15) is 9.18 Å². The summed E-state index contributed by atoms with van der Waals surface area (Å²) >= 11 is 0. The van der Waals surface area contributed by atoms with Gasteiger partial charge in [-0.15, -0.1) is 0 Å². The number of rotatable bonds is 5. The maximum atomic E-state index is 13.5. The number of nitrogens with zero attached hydrogens (tertiary/aromatic N) is 3. The van der Waals surface area contributed by atoms with Crippen LogP contribution in [0.4, 0.5) is 9.18 Å². The summed E-state index contributed by atoms with van der Waals surface area (Å²) in [5.41, 5.74) is 0.795. The van der Waals surface area contributed by atoms with Gasteiger partial charge in [0.05, 0.1) is 29.9 Å². The van der Waals surface area contributed by atoms with Crippen molar-refractivity contribution in [2.75, 3.05) is 20.7 Å². The van der Waals surface area contributed by atoms with Gasteiger partial charge in [-0.2, -0.15) is 0 Å². The van der Waals surface area contributed by atoms with Crippen LogP contribution in [0.25, 0.3) is 10.9 Å². The molecule has 0 saturated heterocycles. The Morgan fingerprint density at radius 2 is 2.04 bits per heavy atom. The Balaban J connectivity index is 2.29. The van der Waals surface area contributed by atoms with Crippen molar-refractivity contribution in [3.63, 3.8) is 0 Å². The van der Waals surface area contributed by atoms with E-state index in [-0.39, 0.29) is 12.0 Å². The number of carbonyl (C=O) groups is 1. The Kier molecular flexibility index (Phi) is 6.00. The lowest BCUT2D eigenvalue weighted by Gasteiger charge is -2.27. The summed E-state index contributed by atoms with van der Waals surface area (Å²) in [7, 11) is 3.19. The number of halogens is 1. The Hall–Kier alpha value is -2.44. The molecule has 0 N–H and O–H groups in total. The van der Waals surface area contributed by atoms with Gasteiger partial charge in [0.2, 0.25) is 5.88 Å². The molecule has 0 aliphatic rings. The van der Waals surface area contributed by atoms with Crippen LogP contribution in [0.3, 0.4) is 0 Å². The minimum atomic E-state index is -0.550. The smallest absolute Gasteiger partial charge is 0.410 e. The van der Waals surface area contributed by atoms with E-state index >= 15 is 0 Å². The molecule has 0 aliphatic carbocycles. The third-order valence-electron chi connectivity index (χ3n) is 3.93. The zero-order valence-corrected chi connectivity index (χ0v) is 16.2. The van der Waals surface area contributed by atoms with Gasteiger partial charge < -0.3 is 14.4 Å². The van der Waals surface area contributed by atoms with Gasteiger partial charge in [0, 0.05) is 19.5 Å². The molecule has 2 aromatic heterocycles. The zero-order valence-electron chi connectivity index (χ0n) is 16.2. The van der Waals surface area contributed by atoms with Crippen LogP contribution in [0.5, 0.6) is 5.88 Å². The fourth-order valence-electron chi connectivity index (χ4n) is 2.63. The Labute approximate surface area is 153 Å². The van der Waals surface area contributed by atoms with Gasteiger partial charge >= 0.3 is 6.09 Å². The summed E-state index contributed by atoms with van der Waals surface area (Å²) in [5.74, 6) is -0.150. The standard InChI is InChI=1S/C19H26FN3O3/c1-7-12(11-23(5)18(24)26-19(2,3)4)15-9-16-14(17(22-15)25-6)8-13(20)10-21-16/h8-10,12H,7,11H2,1-6H3. The molecule has 1 atom stereocenters. The molecule has 0 bridgehead atoms. The van der Waals surface area contributed by atoms with Crippen molar-refractivity contribution in [2.45, 2.75) is 45.6 Å². The third-order valence-corrected chi connectivity index (χ3v) is 3.93. The average Bonchev–Trinajstić information content (AvgIpc) is 2.57. The van der Waals surface area contributed by atoms with Gasteiger partial charge in [-0.3, -0.25) is 4.98 Å². The van der Waals surface area contributed by atoms with Crippen molar-refractivity contribution in [2.24, 2.45) is 0 Å². The summed E-state index contributed by atoms with van der Waals surface area (Å²) < 4.78 is 24.2. The van der Waals surface area contributed by atoms with E-state index in [0.717, 1.165) is 12.1 Å². The molecule has 0 aliphatic heterocycles. The number of carbonyl (C=O) groups excluding carboxylic acids is 1. The summed E-state index contributed by atoms with van der Waals surface area (Å²) in [5, 5.41) is 0.520. The maximum absolute atomic E-state index is 13.5.